The highest BCUT2D eigenvalue weighted by Crippen LogP contribution is 2.54. The predicted molar refractivity (Wildman–Crippen MR) is 162 cm³/mol. The molecule has 4 aliphatic rings. The Morgan fingerprint density at radius 2 is 1.75 bits per heavy atom. The van der Waals surface area contributed by atoms with E-state index in [4.69, 9.17) is 5.73 Å². The summed E-state index contributed by atoms with van der Waals surface area (Å²) in [6.45, 7) is 3.87. The van der Waals surface area contributed by atoms with E-state index < -0.39 is 63.8 Å². The zero-order chi connectivity index (χ0) is 32.4. The van der Waals surface area contributed by atoms with Gasteiger partial charge in [-0.05, 0) is 76.3 Å². The van der Waals surface area contributed by atoms with E-state index in [9.17, 15) is 39.6 Å². The van der Waals surface area contributed by atoms with Crippen LogP contribution in [0.5, 0.6) is 5.75 Å². The molecule has 4 atom stereocenters. The Morgan fingerprint density at radius 1 is 1.11 bits per heavy atom. The van der Waals surface area contributed by atoms with Crippen LogP contribution in [0.25, 0.3) is 5.76 Å². The Bertz CT molecular complexity index is 1510. The summed E-state index contributed by atoms with van der Waals surface area (Å²) in [6, 6.07) is 0.458. The first-order valence-corrected chi connectivity index (χ1v) is 14.8. The molecule has 3 aliphatic carbocycles. The number of anilines is 2. The maximum atomic E-state index is 14.1. The smallest absolute Gasteiger partial charge is 0.255 e. The molecular formula is C31H41N5O8. The lowest BCUT2D eigenvalue weighted by Crippen LogP contribution is -2.65. The number of ketones is 2. The summed E-state index contributed by atoms with van der Waals surface area (Å²) in [5.74, 6) is -6.98. The van der Waals surface area contributed by atoms with Crippen molar-refractivity contribution in [2.75, 3.05) is 58.0 Å². The van der Waals surface area contributed by atoms with Crippen molar-refractivity contribution in [1.82, 2.24) is 9.80 Å². The molecule has 0 spiro atoms. The molecule has 1 saturated heterocycles. The number of Topliss-reactive ketones (excluding diaryl/α,β-unsaturated/α-hetero) is 2. The number of aromatic hydroxyl groups is 1. The molecule has 238 valence electrons. The normalized spacial score (nSPS) is 27.7. The molecule has 0 bridgehead atoms. The number of likely N-dealkylation sites (tertiary alicyclic amines) is 1. The van der Waals surface area contributed by atoms with Gasteiger partial charge in [-0.2, -0.15) is 0 Å². The van der Waals surface area contributed by atoms with Crippen LogP contribution in [0.15, 0.2) is 23.0 Å². The van der Waals surface area contributed by atoms with E-state index in [1.165, 1.54) is 4.90 Å². The first-order valence-electron chi connectivity index (χ1n) is 14.8. The first kappa shape index (κ1) is 31.5. The number of phenols is 1. The molecule has 0 radical (unpaired) electrons. The molecule has 1 aromatic carbocycles. The lowest BCUT2D eigenvalue weighted by Gasteiger charge is -2.50. The van der Waals surface area contributed by atoms with Crippen LogP contribution in [0.3, 0.4) is 0 Å². The van der Waals surface area contributed by atoms with Crippen molar-refractivity contribution >= 4 is 40.5 Å². The lowest BCUT2D eigenvalue weighted by atomic mass is 9.57. The molecule has 13 heteroatoms. The van der Waals surface area contributed by atoms with Gasteiger partial charge in [-0.3, -0.25) is 29.0 Å². The largest absolute Gasteiger partial charge is 0.508 e. The summed E-state index contributed by atoms with van der Waals surface area (Å²) in [6.07, 6.45) is 2.12. The fourth-order valence-corrected chi connectivity index (χ4v) is 7.40. The van der Waals surface area contributed by atoms with Crippen LogP contribution in [-0.4, -0.2) is 113 Å². The lowest BCUT2D eigenvalue weighted by molar-refractivity contribution is -0.153. The summed E-state index contributed by atoms with van der Waals surface area (Å²) >= 11 is 0. The molecule has 2 amide bonds. The highest BCUT2D eigenvalue weighted by molar-refractivity contribution is 6.24. The minimum Gasteiger partial charge on any atom is -0.508 e. The van der Waals surface area contributed by atoms with E-state index >= 15 is 0 Å². The van der Waals surface area contributed by atoms with Crippen LogP contribution >= 0.6 is 0 Å². The fraction of sp³-hybridized carbons (Fsp3) is 0.548. The summed E-state index contributed by atoms with van der Waals surface area (Å²) < 4.78 is 0. The number of nitrogens with one attached hydrogen (secondary N) is 1. The van der Waals surface area contributed by atoms with E-state index in [0.29, 0.717) is 17.2 Å². The van der Waals surface area contributed by atoms with Gasteiger partial charge in [0.2, 0.25) is 11.7 Å². The van der Waals surface area contributed by atoms with Crippen molar-refractivity contribution < 1.29 is 39.6 Å². The van der Waals surface area contributed by atoms with Crippen molar-refractivity contribution in [2.24, 2.45) is 23.5 Å². The monoisotopic (exact) mass is 611 g/mol. The van der Waals surface area contributed by atoms with Gasteiger partial charge in [0.15, 0.2) is 11.4 Å². The fourth-order valence-electron chi connectivity index (χ4n) is 7.40. The molecule has 5 rings (SSSR count). The number of aliphatic hydroxyl groups excluding tert-OH is 2. The predicted octanol–water partition coefficient (Wildman–Crippen LogP) is 0.700. The molecule has 1 saturated carbocycles. The second kappa shape index (κ2) is 11.2. The van der Waals surface area contributed by atoms with Crippen molar-refractivity contribution in [2.45, 2.75) is 44.2 Å². The average Bonchev–Trinajstić information content (AvgIpc) is 2.93. The second-order valence-electron chi connectivity index (χ2n) is 13.0. The number of aliphatic hydroxyl groups is 3. The van der Waals surface area contributed by atoms with Gasteiger partial charge in [-0.25, -0.2) is 0 Å². The zero-order valence-electron chi connectivity index (χ0n) is 25.7. The SMILES string of the molecule is CC1CCN(CC(=O)Nc2cc(N(C)C)c3c(c2O)C(O)=C2C(=O)[C@]4(O)C(O)=C(C(N)=O)C(=O)[C@@H](N(C)C)C4CC2C3)CC1. The molecule has 7 N–H and O–H groups in total. The van der Waals surface area contributed by atoms with Crippen molar-refractivity contribution in [3.63, 3.8) is 0 Å². The third-order valence-electron chi connectivity index (χ3n) is 9.70. The Morgan fingerprint density at radius 3 is 2.32 bits per heavy atom. The van der Waals surface area contributed by atoms with Crippen LogP contribution in [0, 0.1) is 17.8 Å². The number of fused-ring (bicyclic) bond motifs is 3. The molecule has 44 heavy (non-hydrogen) atoms. The van der Waals surface area contributed by atoms with Crippen LogP contribution in [0.1, 0.15) is 37.3 Å². The van der Waals surface area contributed by atoms with Crippen molar-refractivity contribution in [1.29, 1.82) is 0 Å². The Labute approximate surface area is 255 Å². The molecule has 1 aromatic rings. The minimum absolute atomic E-state index is 0.00761. The maximum Gasteiger partial charge on any atom is 0.255 e. The Kier molecular flexibility index (Phi) is 8.02. The van der Waals surface area contributed by atoms with Gasteiger partial charge in [0.05, 0.1) is 23.8 Å². The van der Waals surface area contributed by atoms with Gasteiger partial charge in [0.1, 0.15) is 22.8 Å². The molecule has 2 unspecified atom stereocenters. The molecule has 1 aliphatic heterocycles. The van der Waals surface area contributed by atoms with Gasteiger partial charge in [-0.15, -0.1) is 0 Å². The third-order valence-corrected chi connectivity index (χ3v) is 9.70. The van der Waals surface area contributed by atoms with Gasteiger partial charge in [-0.1, -0.05) is 6.92 Å². The number of piperidine rings is 1. The number of amides is 2. The molecule has 2 fully saturated rings. The van der Waals surface area contributed by atoms with E-state index in [0.717, 1.165) is 25.9 Å². The van der Waals surface area contributed by atoms with E-state index in [2.05, 4.69) is 12.2 Å². The van der Waals surface area contributed by atoms with Crippen LogP contribution < -0.4 is 16.0 Å². The summed E-state index contributed by atoms with van der Waals surface area (Å²) in [4.78, 5) is 57.9. The van der Waals surface area contributed by atoms with Gasteiger partial charge < -0.3 is 36.4 Å². The quantitative estimate of drug-likeness (QED) is 0.196. The van der Waals surface area contributed by atoms with Gasteiger partial charge >= 0.3 is 0 Å². The van der Waals surface area contributed by atoms with E-state index in [-0.39, 0.29) is 42.1 Å². The minimum atomic E-state index is -2.72. The maximum absolute atomic E-state index is 14.1. The number of hydrogen-bond acceptors (Lipinski definition) is 11. The van der Waals surface area contributed by atoms with E-state index in [1.807, 2.05) is 4.90 Å². The number of primary amides is 1. The molecule has 0 aromatic heterocycles. The third kappa shape index (κ3) is 4.83. The van der Waals surface area contributed by atoms with Crippen molar-refractivity contribution in [3.8, 4) is 5.75 Å². The number of nitrogens with two attached hydrogens (primary N) is 1. The number of rotatable bonds is 6. The van der Waals surface area contributed by atoms with Gasteiger partial charge in [0, 0.05) is 31.3 Å². The summed E-state index contributed by atoms with van der Waals surface area (Å²) in [5, 5.41) is 48.6. The standard InChI is InChI=1S/C31H41N5O8/c1-14-6-8-36(9-7-14)13-20(37)33-18-12-19(34(2)3)16-10-15-11-17-24(35(4)5)27(40)23(30(32)43)29(42)31(17,44)28(41)21(15)26(39)22(16)25(18)38/h12,14-15,17,24,38-39,42,44H,6-11,13H2,1-5H3,(H2,32,43)(H,33,37)/t15?,17?,24-,31-/m0/s1. The number of carbonyl (C=O) groups excluding carboxylic acids is 4. The van der Waals surface area contributed by atoms with Crippen LogP contribution in [-0.2, 0) is 25.6 Å². The number of benzene rings is 1. The number of hydrogen-bond donors (Lipinski definition) is 6. The molecular weight excluding hydrogens is 570 g/mol. The van der Waals surface area contributed by atoms with Crippen LogP contribution in [0.4, 0.5) is 11.4 Å². The average molecular weight is 612 g/mol. The molecule has 1 heterocycles. The zero-order valence-corrected chi connectivity index (χ0v) is 25.7. The highest BCUT2D eigenvalue weighted by Gasteiger charge is 2.64. The first-order chi connectivity index (χ1) is 20.6. The number of nitrogens with zero attached hydrogens (tertiary/aromatic N) is 3. The summed E-state index contributed by atoms with van der Waals surface area (Å²) in [7, 11) is 6.64. The summed E-state index contributed by atoms with van der Waals surface area (Å²) in [5.41, 5.74) is 2.63. The van der Waals surface area contributed by atoms with Gasteiger partial charge in [0.25, 0.3) is 5.91 Å². The highest BCUT2D eigenvalue weighted by atomic mass is 16.3. The van der Waals surface area contributed by atoms with Crippen molar-refractivity contribution in [3.05, 3.63) is 34.1 Å². The number of phenolic OH excluding ortho intramolecular Hbond substituents is 1. The number of likely N-dealkylation sites (N-methyl/N-ethyl adjacent to an activating group) is 1. The Hall–Kier alpha value is -3.94. The Balaban J connectivity index is 1.60. The second-order valence-corrected chi connectivity index (χ2v) is 13.0. The number of carbonyl (C=O) groups is 4. The van der Waals surface area contributed by atoms with Crippen LogP contribution in [0.2, 0.25) is 0 Å². The molecule has 13 nitrogen and oxygen atoms in total. The van der Waals surface area contributed by atoms with E-state index in [1.54, 1.807) is 39.2 Å². The topological polar surface area (TPSA) is 197 Å².